The van der Waals surface area contributed by atoms with Crippen molar-refractivity contribution >= 4 is 69.8 Å². The largest absolute Gasteiger partial charge is 0.325 e. The smallest absolute Gasteiger partial charge is 0.234 e. The molecule has 1 amide bonds. The highest BCUT2D eigenvalue weighted by Crippen LogP contribution is 2.34. The first kappa shape index (κ1) is 23.0. The van der Waals surface area contributed by atoms with Crippen LogP contribution < -0.4 is 5.32 Å². The Morgan fingerprint density at radius 2 is 1.69 bits per heavy atom. The van der Waals surface area contributed by atoms with Crippen LogP contribution in [0.25, 0.3) is 16.9 Å². The first-order valence-electron chi connectivity index (χ1n) is 9.38. The van der Waals surface area contributed by atoms with E-state index in [-0.39, 0.29) is 11.7 Å². The molecule has 0 saturated carbocycles. The quantitative estimate of drug-likeness (QED) is 0.262. The molecule has 4 rings (SSSR count). The van der Waals surface area contributed by atoms with Gasteiger partial charge in [-0.3, -0.25) is 9.36 Å². The molecular formula is C23H15Cl4N3OS. The highest BCUT2D eigenvalue weighted by atomic mass is 35.5. The Balaban J connectivity index is 1.63. The van der Waals surface area contributed by atoms with Crippen LogP contribution in [-0.2, 0) is 4.79 Å². The van der Waals surface area contributed by atoms with Crippen LogP contribution >= 0.6 is 58.2 Å². The van der Waals surface area contributed by atoms with Crippen LogP contribution in [0.5, 0.6) is 0 Å². The molecule has 0 atom stereocenters. The van der Waals surface area contributed by atoms with Crippen LogP contribution in [-0.4, -0.2) is 21.2 Å². The first-order valence-corrected chi connectivity index (χ1v) is 11.9. The van der Waals surface area contributed by atoms with Crippen LogP contribution in [0, 0.1) is 0 Å². The van der Waals surface area contributed by atoms with Crippen molar-refractivity contribution in [2.75, 3.05) is 11.1 Å². The fraction of sp³-hybridized carbons (Fsp3) is 0.0435. The van der Waals surface area contributed by atoms with Crippen molar-refractivity contribution in [3.05, 3.63) is 93.0 Å². The Labute approximate surface area is 209 Å². The lowest BCUT2D eigenvalue weighted by atomic mass is 10.1. The topological polar surface area (TPSA) is 46.9 Å². The van der Waals surface area contributed by atoms with Crippen LogP contribution in [0.2, 0.25) is 20.1 Å². The maximum Gasteiger partial charge on any atom is 0.234 e. The van der Waals surface area contributed by atoms with Gasteiger partial charge in [0.1, 0.15) is 0 Å². The number of carbonyl (C=O) groups is 1. The van der Waals surface area contributed by atoms with E-state index in [0.29, 0.717) is 30.9 Å². The molecule has 1 heterocycles. The Hall–Kier alpha value is -2.15. The van der Waals surface area contributed by atoms with Gasteiger partial charge in [0, 0.05) is 27.0 Å². The normalized spacial score (nSPS) is 10.9. The second-order valence-electron chi connectivity index (χ2n) is 6.71. The molecule has 0 aliphatic heterocycles. The summed E-state index contributed by atoms with van der Waals surface area (Å²) in [5.74, 6) is 0.00939. The van der Waals surface area contributed by atoms with E-state index in [1.54, 1.807) is 48.7 Å². The van der Waals surface area contributed by atoms with Crippen molar-refractivity contribution in [2.24, 2.45) is 0 Å². The Bertz CT molecular complexity index is 1270. The number of rotatable bonds is 6. The number of imidazole rings is 1. The molecule has 0 fully saturated rings. The van der Waals surface area contributed by atoms with Crippen LogP contribution in [0.3, 0.4) is 0 Å². The molecule has 32 heavy (non-hydrogen) atoms. The molecule has 3 aromatic carbocycles. The number of anilines is 1. The summed E-state index contributed by atoms with van der Waals surface area (Å²) < 4.78 is 1.94. The average Bonchev–Trinajstić information content (AvgIpc) is 3.20. The van der Waals surface area contributed by atoms with Crippen LogP contribution in [0.1, 0.15) is 0 Å². The minimum atomic E-state index is -0.158. The van der Waals surface area contributed by atoms with E-state index < -0.39 is 0 Å². The minimum absolute atomic E-state index is 0.158. The Morgan fingerprint density at radius 1 is 0.906 bits per heavy atom. The van der Waals surface area contributed by atoms with E-state index in [1.165, 1.54) is 11.8 Å². The van der Waals surface area contributed by atoms with E-state index >= 15 is 0 Å². The summed E-state index contributed by atoms with van der Waals surface area (Å²) in [6, 6.07) is 19.7. The van der Waals surface area contributed by atoms with Crippen molar-refractivity contribution in [1.29, 1.82) is 0 Å². The third kappa shape index (κ3) is 5.42. The zero-order valence-corrected chi connectivity index (χ0v) is 20.2. The number of hydrogen-bond acceptors (Lipinski definition) is 3. The van der Waals surface area contributed by atoms with E-state index in [0.717, 1.165) is 16.9 Å². The fourth-order valence-electron chi connectivity index (χ4n) is 3.02. The van der Waals surface area contributed by atoms with E-state index in [2.05, 4.69) is 10.3 Å². The summed E-state index contributed by atoms with van der Waals surface area (Å²) in [7, 11) is 0. The number of hydrogen-bond donors (Lipinski definition) is 1. The monoisotopic (exact) mass is 521 g/mol. The molecular weight excluding hydrogens is 508 g/mol. The van der Waals surface area contributed by atoms with E-state index in [4.69, 9.17) is 46.4 Å². The molecule has 9 heteroatoms. The van der Waals surface area contributed by atoms with E-state index in [1.807, 2.05) is 28.8 Å². The molecule has 162 valence electrons. The van der Waals surface area contributed by atoms with Crippen molar-refractivity contribution in [3.8, 4) is 16.9 Å². The van der Waals surface area contributed by atoms with Gasteiger partial charge in [-0.15, -0.1) is 0 Å². The summed E-state index contributed by atoms with van der Waals surface area (Å²) in [4.78, 5) is 17.0. The molecule has 0 bridgehead atoms. The van der Waals surface area contributed by atoms with Crippen LogP contribution in [0.4, 0.5) is 5.69 Å². The number of carbonyl (C=O) groups excluding carboxylic acids is 1. The number of thioether (sulfide) groups is 1. The molecule has 0 spiro atoms. The molecule has 0 radical (unpaired) electrons. The number of aromatic nitrogens is 2. The highest BCUT2D eigenvalue weighted by Gasteiger charge is 2.17. The zero-order chi connectivity index (χ0) is 22.7. The zero-order valence-electron chi connectivity index (χ0n) is 16.4. The van der Waals surface area contributed by atoms with Gasteiger partial charge < -0.3 is 5.32 Å². The van der Waals surface area contributed by atoms with E-state index in [9.17, 15) is 4.79 Å². The van der Waals surface area contributed by atoms with Gasteiger partial charge in [0.2, 0.25) is 5.91 Å². The SMILES string of the molecule is O=C(CSc1ncc(-c2ccc(Cl)c(Cl)c2)n1-c1cccc(Cl)c1)Nc1ccc(Cl)cc1. The molecule has 1 aromatic heterocycles. The minimum Gasteiger partial charge on any atom is -0.325 e. The van der Waals surface area contributed by atoms with Crippen molar-refractivity contribution in [1.82, 2.24) is 9.55 Å². The standard InChI is InChI=1S/C23H15Cl4N3OS/c24-15-5-7-17(8-6-15)29-22(31)13-32-23-28-12-21(14-4-9-19(26)20(27)10-14)30(23)18-3-1-2-16(25)11-18/h1-12H,13H2,(H,29,31). The third-order valence-electron chi connectivity index (χ3n) is 4.47. The lowest BCUT2D eigenvalue weighted by molar-refractivity contribution is -0.113. The molecule has 4 nitrogen and oxygen atoms in total. The van der Waals surface area contributed by atoms with Gasteiger partial charge in [-0.2, -0.15) is 0 Å². The molecule has 0 saturated heterocycles. The molecule has 0 unspecified atom stereocenters. The van der Waals surface area contributed by atoms with Gasteiger partial charge in [-0.25, -0.2) is 4.98 Å². The van der Waals surface area contributed by atoms with Gasteiger partial charge in [-0.05, 0) is 54.6 Å². The number of benzene rings is 3. The van der Waals surface area contributed by atoms with Crippen molar-refractivity contribution in [3.63, 3.8) is 0 Å². The Morgan fingerprint density at radius 3 is 2.41 bits per heavy atom. The average molecular weight is 523 g/mol. The van der Waals surface area contributed by atoms with Gasteiger partial charge in [-0.1, -0.05) is 70.3 Å². The highest BCUT2D eigenvalue weighted by molar-refractivity contribution is 7.99. The summed E-state index contributed by atoms with van der Waals surface area (Å²) in [6.45, 7) is 0. The summed E-state index contributed by atoms with van der Waals surface area (Å²) in [5, 5.41) is 5.60. The lowest BCUT2D eigenvalue weighted by Crippen LogP contribution is -2.14. The van der Waals surface area contributed by atoms with Crippen LogP contribution in [0.15, 0.2) is 78.1 Å². The number of nitrogens with one attached hydrogen (secondary N) is 1. The number of halogens is 4. The van der Waals surface area contributed by atoms with Gasteiger partial charge in [0.15, 0.2) is 5.16 Å². The number of nitrogens with zero attached hydrogens (tertiary/aromatic N) is 2. The first-order chi connectivity index (χ1) is 15.4. The van der Waals surface area contributed by atoms with Gasteiger partial charge >= 0.3 is 0 Å². The predicted octanol–water partition coefficient (Wildman–Crippen LogP) is 7.88. The second-order valence-corrected chi connectivity index (χ2v) is 9.34. The van der Waals surface area contributed by atoms with Gasteiger partial charge in [0.05, 0.1) is 27.7 Å². The van der Waals surface area contributed by atoms with Gasteiger partial charge in [0.25, 0.3) is 0 Å². The maximum absolute atomic E-state index is 12.5. The van der Waals surface area contributed by atoms with Crippen molar-refractivity contribution < 1.29 is 4.79 Å². The fourth-order valence-corrected chi connectivity index (χ4v) is 4.42. The molecule has 1 N–H and O–H groups in total. The summed E-state index contributed by atoms with van der Waals surface area (Å²) in [6.07, 6.45) is 1.74. The second kappa shape index (κ2) is 10.2. The molecule has 0 aliphatic rings. The summed E-state index contributed by atoms with van der Waals surface area (Å²) in [5.41, 5.74) is 3.13. The van der Waals surface area contributed by atoms with Crippen molar-refractivity contribution in [2.45, 2.75) is 5.16 Å². The molecule has 4 aromatic rings. The number of amides is 1. The maximum atomic E-state index is 12.5. The molecule has 0 aliphatic carbocycles. The Kier molecular flexibility index (Phi) is 7.33. The summed E-state index contributed by atoms with van der Waals surface area (Å²) >= 11 is 25.8. The third-order valence-corrected chi connectivity index (χ3v) is 6.65. The lowest BCUT2D eigenvalue weighted by Gasteiger charge is -2.13. The predicted molar refractivity (Wildman–Crippen MR) is 135 cm³/mol.